The highest BCUT2D eigenvalue weighted by atomic mass is 35.5. The zero-order chi connectivity index (χ0) is 19.5. The first-order valence-corrected chi connectivity index (χ1v) is 9.58. The fourth-order valence-electron chi connectivity index (χ4n) is 3.45. The number of nitrogens with zero attached hydrogens (tertiary/aromatic N) is 3. The summed E-state index contributed by atoms with van der Waals surface area (Å²) in [7, 11) is 0. The third-order valence-electron chi connectivity index (χ3n) is 4.88. The molecule has 1 saturated heterocycles. The van der Waals surface area contributed by atoms with Crippen LogP contribution >= 0.6 is 11.6 Å². The number of hydrogen-bond acceptors (Lipinski definition) is 4. The molecular formula is C21H19ClFN3O2. The van der Waals surface area contributed by atoms with Gasteiger partial charge in [-0.2, -0.15) is 0 Å². The van der Waals surface area contributed by atoms with Gasteiger partial charge in [-0.05, 0) is 48.7 Å². The minimum absolute atomic E-state index is 0.00588. The lowest BCUT2D eigenvalue weighted by Crippen LogP contribution is -2.39. The summed E-state index contributed by atoms with van der Waals surface area (Å²) in [6.07, 6.45) is 2.20. The van der Waals surface area contributed by atoms with E-state index >= 15 is 0 Å². The minimum atomic E-state index is -0.276. The van der Waals surface area contributed by atoms with Crippen LogP contribution in [0.4, 0.5) is 4.39 Å². The third kappa shape index (κ3) is 4.22. The van der Waals surface area contributed by atoms with Crippen LogP contribution in [0.15, 0.2) is 52.9 Å². The van der Waals surface area contributed by atoms with E-state index in [1.54, 1.807) is 36.4 Å². The van der Waals surface area contributed by atoms with Gasteiger partial charge in [-0.1, -0.05) is 29.8 Å². The fraction of sp³-hybridized carbons (Fsp3) is 0.286. The molecule has 1 atom stereocenters. The highest BCUT2D eigenvalue weighted by Crippen LogP contribution is 2.27. The molecule has 144 valence electrons. The number of amides is 1. The second-order valence-corrected chi connectivity index (χ2v) is 7.37. The summed E-state index contributed by atoms with van der Waals surface area (Å²) in [6.45, 7) is 1.22. The molecule has 1 aromatic heterocycles. The van der Waals surface area contributed by atoms with Gasteiger partial charge in [0.05, 0.1) is 12.3 Å². The van der Waals surface area contributed by atoms with Gasteiger partial charge in [0.1, 0.15) is 5.82 Å². The smallest absolute Gasteiger partial charge is 0.253 e. The van der Waals surface area contributed by atoms with Crippen LogP contribution in [-0.2, 0) is 6.42 Å². The molecule has 7 heteroatoms. The summed E-state index contributed by atoms with van der Waals surface area (Å²) in [5, 5.41) is 8.85. The Morgan fingerprint density at radius 1 is 1.21 bits per heavy atom. The maximum absolute atomic E-state index is 13.0. The Morgan fingerprint density at radius 2 is 2.04 bits per heavy atom. The Labute approximate surface area is 167 Å². The fourth-order valence-corrected chi connectivity index (χ4v) is 3.64. The summed E-state index contributed by atoms with van der Waals surface area (Å²) < 4.78 is 18.9. The Morgan fingerprint density at radius 3 is 2.82 bits per heavy atom. The summed E-state index contributed by atoms with van der Waals surface area (Å²) >= 11 is 6.01. The van der Waals surface area contributed by atoms with Gasteiger partial charge < -0.3 is 9.32 Å². The largest absolute Gasteiger partial charge is 0.425 e. The molecule has 1 amide bonds. The number of likely N-dealkylation sites (tertiary alicyclic amines) is 1. The van der Waals surface area contributed by atoms with Crippen molar-refractivity contribution in [3.8, 4) is 0 Å². The average Bonchev–Trinajstić information content (AvgIpc) is 3.18. The summed E-state index contributed by atoms with van der Waals surface area (Å²) in [4.78, 5) is 14.6. The highest BCUT2D eigenvalue weighted by Gasteiger charge is 2.29. The molecule has 28 heavy (non-hydrogen) atoms. The molecule has 1 aliphatic heterocycles. The van der Waals surface area contributed by atoms with Crippen LogP contribution in [0.2, 0.25) is 5.02 Å². The number of aromatic nitrogens is 2. The molecule has 3 aromatic rings. The van der Waals surface area contributed by atoms with Crippen LogP contribution < -0.4 is 0 Å². The van der Waals surface area contributed by atoms with Crippen molar-refractivity contribution in [2.24, 2.45) is 0 Å². The lowest BCUT2D eigenvalue weighted by Gasteiger charge is -2.31. The molecule has 1 fully saturated rings. The van der Waals surface area contributed by atoms with Crippen molar-refractivity contribution >= 4 is 17.5 Å². The molecule has 2 heterocycles. The molecule has 1 aliphatic rings. The maximum Gasteiger partial charge on any atom is 0.253 e. The molecule has 0 bridgehead atoms. The zero-order valence-electron chi connectivity index (χ0n) is 15.1. The summed E-state index contributed by atoms with van der Waals surface area (Å²) in [5.74, 6) is 0.715. The van der Waals surface area contributed by atoms with Crippen molar-refractivity contribution in [3.63, 3.8) is 0 Å². The minimum Gasteiger partial charge on any atom is -0.425 e. The van der Waals surface area contributed by atoms with E-state index in [1.807, 2.05) is 4.90 Å². The molecule has 1 unspecified atom stereocenters. The van der Waals surface area contributed by atoms with Crippen molar-refractivity contribution < 1.29 is 13.6 Å². The predicted molar refractivity (Wildman–Crippen MR) is 103 cm³/mol. The van der Waals surface area contributed by atoms with E-state index in [4.69, 9.17) is 16.0 Å². The molecule has 0 saturated carbocycles. The van der Waals surface area contributed by atoms with E-state index in [-0.39, 0.29) is 17.6 Å². The van der Waals surface area contributed by atoms with Crippen molar-refractivity contribution in [2.45, 2.75) is 25.2 Å². The van der Waals surface area contributed by atoms with E-state index in [1.165, 1.54) is 12.1 Å². The predicted octanol–water partition coefficient (Wildman–Crippen LogP) is 4.47. The molecule has 0 N–H and O–H groups in total. The first-order chi connectivity index (χ1) is 13.6. The van der Waals surface area contributed by atoms with Crippen LogP contribution in [0.25, 0.3) is 0 Å². The van der Waals surface area contributed by atoms with E-state index in [0.717, 1.165) is 18.4 Å². The average molecular weight is 400 g/mol. The lowest BCUT2D eigenvalue weighted by molar-refractivity contribution is 0.0698. The van der Waals surface area contributed by atoms with Crippen LogP contribution in [-0.4, -0.2) is 34.1 Å². The monoisotopic (exact) mass is 399 g/mol. The molecule has 2 aromatic carbocycles. The Balaban J connectivity index is 1.44. The van der Waals surface area contributed by atoms with Gasteiger partial charge in [-0.3, -0.25) is 4.79 Å². The first kappa shape index (κ1) is 18.6. The van der Waals surface area contributed by atoms with Crippen LogP contribution in [0.1, 0.15) is 46.5 Å². The van der Waals surface area contributed by atoms with E-state index < -0.39 is 0 Å². The molecule has 4 rings (SSSR count). The van der Waals surface area contributed by atoms with Crippen molar-refractivity contribution in [2.75, 3.05) is 13.1 Å². The van der Waals surface area contributed by atoms with Crippen LogP contribution in [0.3, 0.4) is 0 Å². The molecule has 5 nitrogen and oxygen atoms in total. The van der Waals surface area contributed by atoms with Gasteiger partial charge in [0.25, 0.3) is 5.91 Å². The lowest BCUT2D eigenvalue weighted by atomic mass is 9.97. The van der Waals surface area contributed by atoms with E-state index in [9.17, 15) is 9.18 Å². The van der Waals surface area contributed by atoms with Gasteiger partial charge >= 0.3 is 0 Å². The second kappa shape index (κ2) is 8.10. The highest BCUT2D eigenvalue weighted by molar-refractivity contribution is 6.30. The molecule has 0 spiro atoms. The summed E-state index contributed by atoms with van der Waals surface area (Å²) in [5.41, 5.74) is 1.48. The SMILES string of the molecule is O=C(c1cccc(Cl)c1)N1CCCC(c2nnc(Cc3ccc(F)cc3)o2)C1. The third-order valence-corrected chi connectivity index (χ3v) is 5.12. The standard InChI is InChI=1S/C21H19ClFN3O2/c22-17-5-1-3-15(12-17)21(27)26-10-2-4-16(13-26)20-25-24-19(28-20)11-14-6-8-18(23)9-7-14/h1,3,5-9,12,16H,2,4,10-11,13H2. The molecular weight excluding hydrogens is 381 g/mol. The number of piperidine rings is 1. The number of halogens is 2. The maximum atomic E-state index is 13.0. The quantitative estimate of drug-likeness (QED) is 0.649. The molecule has 0 radical (unpaired) electrons. The van der Waals surface area contributed by atoms with Gasteiger partial charge in [0.15, 0.2) is 0 Å². The van der Waals surface area contributed by atoms with E-state index in [0.29, 0.717) is 41.9 Å². The topological polar surface area (TPSA) is 59.2 Å². The van der Waals surface area contributed by atoms with Gasteiger partial charge in [-0.15, -0.1) is 10.2 Å². The van der Waals surface area contributed by atoms with Gasteiger partial charge in [0, 0.05) is 23.7 Å². The van der Waals surface area contributed by atoms with Crippen molar-refractivity contribution in [3.05, 3.63) is 82.3 Å². The number of rotatable bonds is 4. The zero-order valence-corrected chi connectivity index (χ0v) is 15.9. The van der Waals surface area contributed by atoms with Crippen molar-refractivity contribution in [1.82, 2.24) is 15.1 Å². The first-order valence-electron chi connectivity index (χ1n) is 9.20. The normalized spacial score (nSPS) is 16.9. The second-order valence-electron chi connectivity index (χ2n) is 6.94. The van der Waals surface area contributed by atoms with Crippen molar-refractivity contribution in [1.29, 1.82) is 0 Å². The van der Waals surface area contributed by atoms with Gasteiger partial charge in [0.2, 0.25) is 11.8 Å². The molecule has 0 aliphatic carbocycles. The van der Waals surface area contributed by atoms with E-state index in [2.05, 4.69) is 10.2 Å². The Hall–Kier alpha value is -2.73. The number of carbonyl (C=O) groups excluding carboxylic acids is 1. The Bertz CT molecular complexity index is 974. The van der Waals surface area contributed by atoms with Gasteiger partial charge in [-0.25, -0.2) is 4.39 Å². The number of carbonyl (C=O) groups is 1. The van der Waals surface area contributed by atoms with Crippen LogP contribution in [0.5, 0.6) is 0 Å². The number of benzene rings is 2. The number of hydrogen-bond donors (Lipinski definition) is 0. The summed E-state index contributed by atoms with van der Waals surface area (Å²) in [6, 6.07) is 13.2. The van der Waals surface area contributed by atoms with Crippen LogP contribution in [0, 0.1) is 5.82 Å². The Kier molecular flexibility index (Phi) is 5.39.